The van der Waals surface area contributed by atoms with Crippen LogP contribution in [0.1, 0.15) is 41.3 Å². The molecule has 1 fully saturated rings. The van der Waals surface area contributed by atoms with E-state index in [4.69, 9.17) is 0 Å². The standard InChI is InChI=1S/C20H23N3O3S/c1-15-5-7-17(8-6-15)16(2)21-22-20(24)18-9-11-19(12-10-18)27(25,26)23-13-3-4-14-23/h5-12H,3-4,13-14H2,1-2H3,(H,22,24)/b21-16-. The van der Waals surface area contributed by atoms with Crippen molar-refractivity contribution in [2.45, 2.75) is 31.6 Å². The van der Waals surface area contributed by atoms with Crippen LogP contribution in [0.15, 0.2) is 58.5 Å². The first-order chi connectivity index (χ1) is 12.9. The number of sulfonamides is 1. The molecule has 7 heteroatoms. The molecule has 0 unspecified atom stereocenters. The van der Waals surface area contributed by atoms with Crippen LogP contribution in [0.5, 0.6) is 0 Å². The highest BCUT2D eigenvalue weighted by atomic mass is 32.2. The number of benzene rings is 2. The summed E-state index contributed by atoms with van der Waals surface area (Å²) in [6, 6.07) is 13.8. The number of aryl methyl sites for hydroxylation is 1. The summed E-state index contributed by atoms with van der Waals surface area (Å²) < 4.78 is 26.5. The molecule has 2 aromatic carbocycles. The molecule has 1 N–H and O–H groups in total. The quantitative estimate of drug-likeness (QED) is 0.635. The van der Waals surface area contributed by atoms with Crippen LogP contribution in [0.2, 0.25) is 0 Å². The number of nitrogens with one attached hydrogen (secondary N) is 1. The van der Waals surface area contributed by atoms with Gasteiger partial charge in [-0.15, -0.1) is 0 Å². The van der Waals surface area contributed by atoms with Crippen LogP contribution in [0.25, 0.3) is 0 Å². The van der Waals surface area contributed by atoms with Crippen LogP contribution >= 0.6 is 0 Å². The molecule has 6 nitrogen and oxygen atoms in total. The van der Waals surface area contributed by atoms with Crippen molar-refractivity contribution < 1.29 is 13.2 Å². The van der Waals surface area contributed by atoms with Gasteiger partial charge < -0.3 is 0 Å². The highest BCUT2D eigenvalue weighted by Crippen LogP contribution is 2.21. The van der Waals surface area contributed by atoms with Crippen molar-refractivity contribution in [1.82, 2.24) is 9.73 Å². The summed E-state index contributed by atoms with van der Waals surface area (Å²) in [6.07, 6.45) is 1.77. The predicted octanol–water partition coefficient (Wildman–Crippen LogP) is 2.93. The van der Waals surface area contributed by atoms with Gasteiger partial charge >= 0.3 is 0 Å². The van der Waals surface area contributed by atoms with Crippen molar-refractivity contribution in [2.24, 2.45) is 5.10 Å². The Morgan fingerprint density at radius 1 is 0.963 bits per heavy atom. The average Bonchev–Trinajstić information content (AvgIpc) is 3.22. The highest BCUT2D eigenvalue weighted by Gasteiger charge is 2.27. The van der Waals surface area contributed by atoms with Crippen molar-refractivity contribution in [3.8, 4) is 0 Å². The molecule has 1 amide bonds. The number of hydrazone groups is 1. The monoisotopic (exact) mass is 385 g/mol. The summed E-state index contributed by atoms with van der Waals surface area (Å²) in [5, 5.41) is 4.13. The molecule has 0 bridgehead atoms. The van der Waals surface area contributed by atoms with Crippen molar-refractivity contribution in [2.75, 3.05) is 13.1 Å². The third kappa shape index (κ3) is 4.43. The molecule has 1 heterocycles. The Morgan fingerprint density at radius 2 is 1.52 bits per heavy atom. The fourth-order valence-corrected chi connectivity index (χ4v) is 4.43. The number of carbonyl (C=O) groups is 1. The summed E-state index contributed by atoms with van der Waals surface area (Å²) in [4.78, 5) is 12.5. The van der Waals surface area contributed by atoms with Crippen LogP contribution < -0.4 is 5.43 Å². The van der Waals surface area contributed by atoms with Gasteiger partial charge in [-0.05, 0) is 56.5 Å². The van der Waals surface area contributed by atoms with E-state index in [2.05, 4.69) is 10.5 Å². The number of hydrogen-bond acceptors (Lipinski definition) is 4. The normalized spacial score (nSPS) is 15.7. The summed E-state index contributed by atoms with van der Waals surface area (Å²) in [7, 11) is -3.47. The van der Waals surface area contributed by atoms with E-state index >= 15 is 0 Å². The number of amides is 1. The van der Waals surface area contributed by atoms with E-state index in [0.717, 1.165) is 24.0 Å². The van der Waals surface area contributed by atoms with Crippen LogP contribution in [0, 0.1) is 6.92 Å². The first kappa shape index (κ1) is 19.3. The maximum atomic E-state index is 12.5. The maximum absolute atomic E-state index is 12.5. The fraction of sp³-hybridized carbons (Fsp3) is 0.300. The summed E-state index contributed by atoms with van der Waals surface area (Å²) >= 11 is 0. The Kier molecular flexibility index (Phi) is 5.72. The molecule has 1 aliphatic rings. The minimum Gasteiger partial charge on any atom is -0.267 e. The summed E-state index contributed by atoms with van der Waals surface area (Å²) in [6.45, 7) is 4.93. The van der Waals surface area contributed by atoms with E-state index in [0.29, 0.717) is 24.4 Å². The molecule has 3 rings (SSSR count). The molecule has 2 aromatic rings. The fourth-order valence-electron chi connectivity index (χ4n) is 2.91. The summed E-state index contributed by atoms with van der Waals surface area (Å²) in [5.74, 6) is -0.383. The first-order valence-electron chi connectivity index (χ1n) is 8.90. The molecule has 0 aromatic heterocycles. The molecule has 0 saturated carbocycles. The van der Waals surface area contributed by atoms with E-state index in [1.54, 1.807) is 0 Å². The van der Waals surface area contributed by atoms with Crippen molar-refractivity contribution >= 4 is 21.6 Å². The van der Waals surface area contributed by atoms with Gasteiger partial charge in [0, 0.05) is 18.7 Å². The van der Waals surface area contributed by atoms with Gasteiger partial charge in [0.1, 0.15) is 0 Å². The van der Waals surface area contributed by atoms with E-state index in [-0.39, 0.29) is 10.8 Å². The zero-order valence-corrected chi connectivity index (χ0v) is 16.3. The highest BCUT2D eigenvalue weighted by molar-refractivity contribution is 7.89. The van der Waals surface area contributed by atoms with Crippen molar-refractivity contribution in [3.63, 3.8) is 0 Å². The number of hydrogen-bond donors (Lipinski definition) is 1. The number of carbonyl (C=O) groups excluding carboxylic acids is 1. The van der Waals surface area contributed by atoms with Crippen LogP contribution in [-0.4, -0.2) is 37.4 Å². The van der Waals surface area contributed by atoms with Gasteiger partial charge in [-0.1, -0.05) is 29.8 Å². The van der Waals surface area contributed by atoms with Gasteiger partial charge in [-0.2, -0.15) is 9.41 Å². The largest absolute Gasteiger partial charge is 0.271 e. The molecule has 0 atom stereocenters. The van der Waals surface area contributed by atoms with Gasteiger partial charge in [0.2, 0.25) is 10.0 Å². The number of nitrogens with zero attached hydrogens (tertiary/aromatic N) is 2. The lowest BCUT2D eigenvalue weighted by atomic mass is 10.1. The topological polar surface area (TPSA) is 78.8 Å². The van der Waals surface area contributed by atoms with Crippen LogP contribution in [0.3, 0.4) is 0 Å². The Balaban J connectivity index is 1.68. The van der Waals surface area contributed by atoms with Gasteiger partial charge in [0.15, 0.2) is 0 Å². The third-order valence-corrected chi connectivity index (χ3v) is 6.53. The molecule has 1 saturated heterocycles. The molecular formula is C20H23N3O3S. The van der Waals surface area contributed by atoms with Gasteiger partial charge in [0.25, 0.3) is 5.91 Å². The minimum absolute atomic E-state index is 0.209. The smallest absolute Gasteiger partial charge is 0.267 e. The van der Waals surface area contributed by atoms with Crippen molar-refractivity contribution in [1.29, 1.82) is 0 Å². The van der Waals surface area contributed by atoms with Gasteiger partial charge in [-0.25, -0.2) is 13.8 Å². The molecular weight excluding hydrogens is 362 g/mol. The first-order valence-corrected chi connectivity index (χ1v) is 10.3. The zero-order valence-electron chi connectivity index (χ0n) is 15.5. The molecule has 0 aliphatic carbocycles. The van der Waals surface area contributed by atoms with Gasteiger partial charge in [0.05, 0.1) is 10.6 Å². The van der Waals surface area contributed by atoms with E-state index in [9.17, 15) is 13.2 Å². The van der Waals surface area contributed by atoms with E-state index in [1.165, 1.54) is 28.6 Å². The predicted molar refractivity (Wildman–Crippen MR) is 105 cm³/mol. The van der Waals surface area contributed by atoms with E-state index < -0.39 is 10.0 Å². The molecule has 0 spiro atoms. The van der Waals surface area contributed by atoms with E-state index in [1.807, 2.05) is 38.1 Å². The third-order valence-electron chi connectivity index (χ3n) is 4.61. The molecule has 0 radical (unpaired) electrons. The average molecular weight is 385 g/mol. The van der Waals surface area contributed by atoms with Crippen LogP contribution in [-0.2, 0) is 10.0 Å². The zero-order chi connectivity index (χ0) is 19.4. The van der Waals surface area contributed by atoms with Crippen LogP contribution in [0.4, 0.5) is 0 Å². The second-order valence-electron chi connectivity index (χ2n) is 6.64. The second kappa shape index (κ2) is 8.02. The Bertz CT molecular complexity index is 943. The Morgan fingerprint density at radius 3 is 2.11 bits per heavy atom. The maximum Gasteiger partial charge on any atom is 0.271 e. The van der Waals surface area contributed by atoms with Gasteiger partial charge in [-0.3, -0.25) is 4.79 Å². The summed E-state index contributed by atoms with van der Waals surface area (Å²) in [5.41, 5.74) is 5.64. The van der Waals surface area contributed by atoms with Crippen molar-refractivity contribution in [3.05, 3.63) is 65.2 Å². The SMILES string of the molecule is C/C(=N/NC(=O)c1ccc(S(=O)(=O)N2CCCC2)cc1)c1ccc(C)cc1. The Labute approximate surface area is 159 Å². The number of rotatable bonds is 5. The lowest BCUT2D eigenvalue weighted by Gasteiger charge is -2.15. The molecule has 142 valence electrons. The lowest BCUT2D eigenvalue weighted by molar-refractivity contribution is 0.0954. The lowest BCUT2D eigenvalue weighted by Crippen LogP contribution is -2.28. The molecule has 27 heavy (non-hydrogen) atoms. The minimum atomic E-state index is -3.47. The Hall–Kier alpha value is -2.51. The second-order valence-corrected chi connectivity index (χ2v) is 8.58. The molecule has 1 aliphatic heterocycles.